The monoisotopic (exact) mass is 562 g/mol. The third kappa shape index (κ3) is 3.61. The molecule has 0 unspecified atom stereocenters. The quantitative estimate of drug-likeness (QED) is 0.164. The normalized spacial score (nSPS) is 23.5. The predicted molar refractivity (Wildman–Crippen MR) is 169 cm³/mol. The van der Waals surface area contributed by atoms with E-state index in [2.05, 4.69) is 54.6 Å². The van der Waals surface area contributed by atoms with Gasteiger partial charge in [0.05, 0.1) is 36.1 Å². The van der Waals surface area contributed by atoms with E-state index in [1.807, 2.05) is 73.8 Å². The van der Waals surface area contributed by atoms with Crippen molar-refractivity contribution in [3.05, 3.63) is 143 Å². The molecule has 5 heteroatoms. The zero-order valence-electron chi connectivity index (χ0n) is 23.8. The van der Waals surface area contributed by atoms with Crippen molar-refractivity contribution in [1.29, 1.82) is 0 Å². The van der Waals surface area contributed by atoms with Gasteiger partial charge < -0.3 is 4.74 Å². The molecular formula is C38H30N2O3. The number of ether oxygens (including phenoxy) is 1. The van der Waals surface area contributed by atoms with E-state index in [1.54, 1.807) is 0 Å². The lowest BCUT2D eigenvalue weighted by Crippen LogP contribution is -2.54. The number of carbonyl (C=O) groups excluding carboxylic acids is 2. The van der Waals surface area contributed by atoms with E-state index in [0.717, 1.165) is 27.8 Å². The van der Waals surface area contributed by atoms with Gasteiger partial charge in [-0.3, -0.25) is 14.6 Å². The number of nitrogens with zero attached hydrogens (tertiary/aromatic N) is 2. The highest BCUT2D eigenvalue weighted by molar-refractivity contribution is 6.25. The van der Waals surface area contributed by atoms with Crippen molar-refractivity contribution in [2.75, 3.05) is 11.5 Å². The molecule has 5 aromatic rings. The number of anilines is 1. The Morgan fingerprint density at radius 1 is 0.767 bits per heavy atom. The van der Waals surface area contributed by atoms with Gasteiger partial charge in [0.1, 0.15) is 5.75 Å². The number of fused-ring (bicyclic) bond motifs is 1. The van der Waals surface area contributed by atoms with Crippen molar-refractivity contribution in [1.82, 2.24) is 0 Å². The SMILES string of the molecule is CCOc1ccc(N2C(=O)[C@H]3C4c5ccccc5C(C=NCc5cccc6ccccc56)(c5ccccc54)[C@H]3C2=O)cc1. The lowest BCUT2D eigenvalue weighted by molar-refractivity contribution is -0.122. The Hall–Kier alpha value is -5.03. The van der Waals surface area contributed by atoms with Crippen molar-refractivity contribution in [2.45, 2.75) is 24.8 Å². The summed E-state index contributed by atoms with van der Waals surface area (Å²) >= 11 is 0. The lowest BCUT2D eigenvalue weighted by atomic mass is 9.47. The Morgan fingerprint density at radius 2 is 1.42 bits per heavy atom. The number of rotatable bonds is 6. The van der Waals surface area contributed by atoms with Gasteiger partial charge >= 0.3 is 0 Å². The number of hydrogen-bond acceptors (Lipinski definition) is 4. The molecule has 1 heterocycles. The van der Waals surface area contributed by atoms with Crippen LogP contribution >= 0.6 is 0 Å². The highest BCUT2D eigenvalue weighted by Crippen LogP contribution is 2.63. The summed E-state index contributed by atoms with van der Waals surface area (Å²) in [5.41, 5.74) is 5.17. The van der Waals surface area contributed by atoms with Crippen LogP contribution in [0.1, 0.15) is 40.7 Å². The Labute approximate surface area is 250 Å². The van der Waals surface area contributed by atoms with Crippen molar-refractivity contribution >= 4 is 34.5 Å². The first-order valence-electron chi connectivity index (χ1n) is 14.9. The predicted octanol–water partition coefficient (Wildman–Crippen LogP) is 7.06. The third-order valence-electron chi connectivity index (χ3n) is 9.53. The molecule has 2 bridgehead atoms. The first kappa shape index (κ1) is 25.7. The molecule has 5 nitrogen and oxygen atoms in total. The number of benzene rings is 5. The summed E-state index contributed by atoms with van der Waals surface area (Å²) in [5, 5.41) is 2.34. The number of aliphatic imine (C=N–C) groups is 1. The topological polar surface area (TPSA) is 59.0 Å². The third-order valence-corrected chi connectivity index (χ3v) is 9.53. The highest BCUT2D eigenvalue weighted by Gasteiger charge is 2.67. The Bertz CT molecular complexity index is 1890. The summed E-state index contributed by atoms with van der Waals surface area (Å²) in [6, 6.07) is 38.5. The molecule has 0 N–H and O–H groups in total. The van der Waals surface area contributed by atoms with Crippen LogP contribution in [0.5, 0.6) is 5.75 Å². The second kappa shape index (κ2) is 9.77. The second-order valence-electron chi connectivity index (χ2n) is 11.6. The maximum absolute atomic E-state index is 14.6. The maximum atomic E-state index is 14.6. The minimum absolute atomic E-state index is 0.153. The van der Waals surface area contributed by atoms with Crippen LogP contribution in [0.3, 0.4) is 0 Å². The molecule has 5 aromatic carbocycles. The van der Waals surface area contributed by atoms with Crippen LogP contribution in [0.25, 0.3) is 10.8 Å². The summed E-state index contributed by atoms with van der Waals surface area (Å²) in [4.78, 5) is 35.5. The molecule has 0 saturated carbocycles. The summed E-state index contributed by atoms with van der Waals surface area (Å²) in [7, 11) is 0. The largest absolute Gasteiger partial charge is 0.494 e. The van der Waals surface area contributed by atoms with E-state index in [-0.39, 0.29) is 17.7 Å². The van der Waals surface area contributed by atoms with Crippen LogP contribution in [-0.4, -0.2) is 24.6 Å². The molecule has 210 valence electrons. The van der Waals surface area contributed by atoms with Gasteiger partial charge in [-0.15, -0.1) is 0 Å². The van der Waals surface area contributed by atoms with Gasteiger partial charge in [0, 0.05) is 12.1 Å². The Balaban J connectivity index is 1.29. The average molecular weight is 563 g/mol. The highest BCUT2D eigenvalue weighted by atomic mass is 16.5. The maximum Gasteiger partial charge on any atom is 0.239 e. The molecule has 4 aliphatic rings. The first-order valence-corrected chi connectivity index (χ1v) is 14.9. The molecule has 0 aromatic heterocycles. The van der Waals surface area contributed by atoms with Crippen LogP contribution in [0, 0.1) is 11.8 Å². The fourth-order valence-electron chi connectivity index (χ4n) is 7.88. The molecule has 43 heavy (non-hydrogen) atoms. The molecular weight excluding hydrogens is 532 g/mol. The van der Waals surface area contributed by atoms with Crippen LogP contribution in [-0.2, 0) is 21.5 Å². The van der Waals surface area contributed by atoms with Gasteiger partial charge in [-0.1, -0.05) is 91.0 Å². The van der Waals surface area contributed by atoms with Crippen molar-refractivity contribution in [3.63, 3.8) is 0 Å². The fraction of sp³-hybridized carbons (Fsp3) is 0.184. The standard InChI is InChI=1S/C38H30N2O3/c1-2-43-27-20-18-26(19-21-27)40-36(41)34-33-29-14-5-7-16-31(29)38(35(34)37(40)42,32-17-8-6-15-30(32)33)23-39-22-25-12-9-11-24-10-3-4-13-28(24)25/h3-21,23,33-35H,2,22H2,1H3/t33?,34-,35+,38?/m0/s1. The molecule has 9 rings (SSSR count). The van der Waals surface area contributed by atoms with Crippen LogP contribution in [0.4, 0.5) is 5.69 Å². The van der Waals surface area contributed by atoms with Crippen molar-refractivity contribution in [3.8, 4) is 5.75 Å². The number of hydrogen-bond donors (Lipinski definition) is 0. The van der Waals surface area contributed by atoms with Gasteiger partial charge in [-0.25, -0.2) is 4.90 Å². The lowest BCUT2D eigenvalue weighted by Gasteiger charge is -2.52. The van der Waals surface area contributed by atoms with E-state index < -0.39 is 17.3 Å². The molecule has 0 radical (unpaired) electrons. The van der Waals surface area contributed by atoms with Gasteiger partial charge in [-0.2, -0.15) is 0 Å². The van der Waals surface area contributed by atoms with Gasteiger partial charge in [0.25, 0.3) is 0 Å². The summed E-state index contributed by atoms with van der Waals surface area (Å²) < 4.78 is 5.62. The minimum atomic E-state index is -0.871. The Kier molecular flexibility index (Phi) is 5.83. The van der Waals surface area contributed by atoms with E-state index in [1.165, 1.54) is 15.7 Å². The van der Waals surface area contributed by atoms with Crippen molar-refractivity contribution < 1.29 is 14.3 Å². The van der Waals surface area contributed by atoms with E-state index >= 15 is 0 Å². The molecule has 1 saturated heterocycles. The zero-order chi connectivity index (χ0) is 29.1. The molecule has 2 atom stereocenters. The zero-order valence-corrected chi connectivity index (χ0v) is 23.8. The molecule has 1 fully saturated rings. The first-order chi connectivity index (χ1) is 21.1. The number of imide groups is 1. The van der Waals surface area contributed by atoms with Gasteiger partial charge in [0.15, 0.2) is 0 Å². The number of carbonyl (C=O) groups is 2. The summed E-state index contributed by atoms with van der Waals surface area (Å²) in [6.07, 6.45) is 1.99. The fourth-order valence-corrected chi connectivity index (χ4v) is 7.88. The summed E-state index contributed by atoms with van der Waals surface area (Å²) in [5.74, 6) is -0.940. The van der Waals surface area contributed by atoms with E-state index in [0.29, 0.717) is 24.6 Å². The minimum Gasteiger partial charge on any atom is -0.494 e. The van der Waals surface area contributed by atoms with E-state index in [9.17, 15) is 9.59 Å². The smallest absolute Gasteiger partial charge is 0.239 e. The molecule has 2 amide bonds. The average Bonchev–Trinajstić information content (AvgIpc) is 3.32. The van der Waals surface area contributed by atoms with Gasteiger partial charge in [0.2, 0.25) is 11.8 Å². The Morgan fingerprint density at radius 3 is 2.14 bits per heavy atom. The molecule has 0 spiro atoms. The van der Waals surface area contributed by atoms with Crippen molar-refractivity contribution in [2.24, 2.45) is 16.8 Å². The van der Waals surface area contributed by atoms with Gasteiger partial charge in [-0.05, 0) is 69.8 Å². The molecule has 1 aliphatic heterocycles. The second-order valence-corrected chi connectivity index (χ2v) is 11.6. The van der Waals surface area contributed by atoms with E-state index in [4.69, 9.17) is 9.73 Å². The number of amides is 2. The van der Waals surface area contributed by atoms with Crippen LogP contribution < -0.4 is 9.64 Å². The summed E-state index contributed by atoms with van der Waals surface area (Å²) in [6.45, 7) is 2.95. The van der Waals surface area contributed by atoms with Crippen LogP contribution in [0.15, 0.2) is 120 Å². The van der Waals surface area contributed by atoms with Crippen LogP contribution in [0.2, 0.25) is 0 Å². The molecule has 3 aliphatic carbocycles.